The van der Waals surface area contributed by atoms with E-state index in [1.165, 1.54) is 71.4 Å². The van der Waals surface area contributed by atoms with Gasteiger partial charge in [-0.25, -0.2) is 0 Å². The van der Waals surface area contributed by atoms with Crippen molar-refractivity contribution in [3.05, 3.63) is 0 Å². The molecule has 3 atom stereocenters. The molecule has 0 aliphatic carbocycles. The minimum absolute atomic E-state index is 0.842. The van der Waals surface area contributed by atoms with Crippen LogP contribution < -0.4 is 0 Å². The average molecular weight is 265 g/mol. The SMILES string of the molecule is CC1CN(C)CCC1N1CCCN2CCCCC2C1. The number of fused-ring (bicyclic) bond motifs is 1. The van der Waals surface area contributed by atoms with Crippen LogP contribution in [0.1, 0.15) is 39.0 Å². The molecule has 0 aromatic carbocycles. The molecule has 0 bridgehead atoms. The van der Waals surface area contributed by atoms with Gasteiger partial charge >= 0.3 is 0 Å². The molecule has 3 nitrogen and oxygen atoms in total. The van der Waals surface area contributed by atoms with Crippen LogP contribution in [0.4, 0.5) is 0 Å². The number of nitrogens with zero attached hydrogens (tertiary/aromatic N) is 3. The zero-order valence-corrected chi connectivity index (χ0v) is 12.9. The maximum atomic E-state index is 2.85. The fourth-order valence-electron chi connectivity index (χ4n) is 4.59. The Morgan fingerprint density at radius 1 is 0.789 bits per heavy atom. The van der Waals surface area contributed by atoms with E-state index in [0.29, 0.717) is 0 Å². The second-order valence-electron chi connectivity index (χ2n) is 7.13. The summed E-state index contributed by atoms with van der Waals surface area (Å²) in [6, 6.07) is 1.71. The van der Waals surface area contributed by atoms with E-state index in [2.05, 4.69) is 28.7 Å². The molecule has 3 aliphatic rings. The summed E-state index contributed by atoms with van der Waals surface area (Å²) in [6.45, 7) is 10.4. The van der Waals surface area contributed by atoms with Crippen LogP contribution in [0.2, 0.25) is 0 Å². The fraction of sp³-hybridized carbons (Fsp3) is 1.00. The summed E-state index contributed by atoms with van der Waals surface area (Å²) in [4.78, 5) is 8.14. The number of hydrogen-bond acceptors (Lipinski definition) is 3. The van der Waals surface area contributed by atoms with E-state index >= 15 is 0 Å². The molecule has 3 rings (SSSR count). The van der Waals surface area contributed by atoms with Crippen molar-refractivity contribution in [3.63, 3.8) is 0 Å². The Morgan fingerprint density at radius 2 is 1.58 bits per heavy atom. The first-order chi connectivity index (χ1) is 9.24. The van der Waals surface area contributed by atoms with Gasteiger partial charge in [0.2, 0.25) is 0 Å². The predicted octanol–water partition coefficient (Wildman–Crippen LogP) is 1.89. The van der Waals surface area contributed by atoms with Crippen molar-refractivity contribution in [2.24, 2.45) is 5.92 Å². The third-order valence-electron chi connectivity index (χ3n) is 5.62. The zero-order valence-electron chi connectivity index (χ0n) is 12.9. The Morgan fingerprint density at radius 3 is 2.42 bits per heavy atom. The van der Waals surface area contributed by atoms with Crippen molar-refractivity contribution < 1.29 is 0 Å². The first-order valence-electron chi connectivity index (χ1n) is 8.40. The van der Waals surface area contributed by atoms with E-state index in [4.69, 9.17) is 0 Å². The van der Waals surface area contributed by atoms with Gasteiger partial charge in [0.25, 0.3) is 0 Å². The Kier molecular flexibility index (Phi) is 4.45. The van der Waals surface area contributed by atoms with Crippen LogP contribution in [0.5, 0.6) is 0 Å². The summed E-state index contributed by atoms with van der Waals surface area (Å²) in [5, 5.41) is 0. The summed E-state index contributed by atoms with van der Waals surface area (Å²) in [5.41, 5.74) is 0. The summed E-state index contributed by atoms with van der Waals surface area (Å²) in [6.07, 6.45) is 7.09. The molecular formula is C16H31N3. The monoisotopic (exact) mass is 265 g/mol. The Balaban J connectivity index is 1.63. The summed E-state index contributed by atoms with van der Waals surface area (Å²) in [7, 11) is 2.28. The van der Waals surface area contributed by atoms with E-state index in [9.17, 15) is 0 Å². The number of piperidine rings is 2. The van der Waals surface area contributed by atoms with Crippen LogP contribution >= 0.6 is 0 Å². The standard InChI is InChI=1S/C16H31N3/c1-14-12-17(2)11-7-16(14)19-10-5-9-18-8-4-3-6-15(18)13-19/h14-16H,3-13H2,1-2H3. The van der Waals surface area contributed by atoms with Gasteiger partial charge in [0.15, 0.2) is 0 Å². The molecule has 110 valence electrons. The highest BCUT2D eigenvalue weighted by Crippen LogP contribution is 2.27. The van der Waals surface area contributed by atoms with Crippen molar-refractivity contribution >= 4 is 0 Å². The smallest absolute Gasteiger partial charge is 0.0223 e. The Labute approximate surface area is 118 Å². The van der Waals surface area contributed by atoms with Gasteiger partial charge in [-0.15, -0.1) is 0 Å². The van der Waals surface area contributed by atoms with Crippen LogP contribution in [-0.2, 0) is 0 Å². The van der Waals surface area contributed by atoms with Crippen LogP contribution in [0.25, 0.3) is 0 Å². The molecule has 19 heavy (non-hydrogen) atoms. The Bertz CT molecular complexity index is 294. The van der Waals surface area contributed by atoms with Gasteiger partial charge in [0.05, 0.1) is 0 Å². The number of rotatable bonds is 1. The lowest BCUT2D eigenvalue weighted by atomic mass is 9.91. The first-order valence-corrected chi connectivity index (χ1v) is 8.40. The normalized spacial score (nSPS) is 39.8. The lowest BCUT2D eigenvalue weighted by Gasteiger charge is -2.43. The molecule has 3 unspecified atom stereocenters. The molecule has 0 amide bonds. The molecular weight excluding hydrogens is 234 g/mol. The molecule has 0 spiro atoms. The summed E-state index contributed by atoms with van der Waals surface area (Å²) >= 11 is 0. The van der Waals surface area contributed by atoms with E-state index in [-0.39, 0.29) is 0 Å². The van der Waals surface area contributed by atoms with Crippen molar-refractivity contribution in [1.29, 1.82) is 0 Å². The van der Waals surface area contributed by atoms with E-state index < -0.39 is 0 Å². The molecule has 3 fully saturated rings. The maximum Gasteiger partial charge on any atom is 0.0223 e. The topological polar surface area (TPSA) is 9.72 Å². The quantitative estimate of drug-likeness (QED) is 0.717. The fourth-order valence-corrected chi connectivity index (χ4v) is 4.59. The van der Waals surface area contributed by atoms with Crippen LogP contribution in [0.3, 0.4) is 0 Å². The third kappa shape index (κ3) is 3.14. The second-order valence-corrected chi connectivity index (χ2v) is 7.13. The van der Waals surface area contributed by atoms with Gasteiger partial charge in [-0.3, -0.25) is 9.80 Å². The molecule has 3 aliphatic heterocycles. The number of likely N-dealkylation sites (tertiary alicyclic amines) is 1. The summed E-state index contributed by atoms with van der Waals surface area (Å²) in [5.74, 6) is 0.842. The van der Waals surface area contributed by atoms with E-state index in [1.807, 2.05) is 0 Å². The molecule has 0 N–H and O–H groups in total. The van der Waals surface area contributed by atoms with Gasteiger partial charge < -0.3 is 4.90 Å². The Hall–Kier alpha value is -0.120. The van der Waals surface area contributed by atoms with Crippen LogP contribution in [-0.4, -0.2) is 73.1 Å². The predicted molar refractivity (Wildman–Crippen MR) is 80.5 cm³/mol. The van der Waals surface area contributed by atoms with E-state index in [0.717, 1.165) is 18.0 Å². The van der Waals surface area contributed by atoms with E-state index in [1.54, 1.807) is 0 Å². The minimum Gasteiger partial charge on any atom is -0.306 e. The highest BCUT2D eigenvalue weighted by molar-refractivity contribution is 4.90. The molecule has 3 heteroatoms. The summed E-state index contributed by atoms with van der Waals surface area (Å²) < 4.78 is 0. The van der Waals surface area contributed by atoms with Crippen molar-refractivity contribution in [1.82, 2.24) is 14.7 Å². The van der Waals surface area contributed by atoms with Crippen molar-refractivity contribution in [3.8, 4) is 0 Å². The molecule has 3 heterocycles. The van der Waals surface area contributed by atoms with Gasteiger partial charge in [-0.05, 0) is 64.8 Å². The van der Waals surface area contributed by atoms with Crippen molar-refractivity contribution in [2.75, 3.05) is 46.3 Å². The molecule has 0 radical (unpaired) electrons. The van der Waals surface area contributed by atoms with Gasteiger partial charge in [-0.1, -0.05) is 13.3 Å². The van der Waals surface area contributed by atoms with Gasteiger partial charge in [0, 0.05) is 25.2 Å². The van der Waals surface area contributed by atoms with Crippen LogP contribution in [0, 0.1) is 5.92 Å². The molecule has 0 aromatic rings. The molecule has 3 saturated heterocycles. The molecule has 0 saturated carbocycles. The highest BCUT2D eigenvalue weighted by Gasteiger charge is 2.34. The zero-order chi connectivity index (χ0) is 13.2. The van der Waals surface area contributed by atoms with Crippen LogP contribution in [0.15, 0.2) is 0 Å². The lowest BCUT2D eigenvalue weighted by molar-refractivity contribution is 0.0590. The maximum absolute atomic E-state index is 2.85. The minimum atomic E-state index is 0.842. The average Bonchev–Trinajstić information content (AvgIpc) is 2.60. The second kappa shape index (κ2) is 6.11. The van der Waals surface area contributed by atoms with Crippen molar-refractivity contribution in [2.45, 2.75) is 51.1 Å². The highest BCUT2D eigenvalue weighted by atomic mass is 15.3. The largest absolute Gasteiger partial charge is 0.306 e. The van der Waals surface area contributed by atoms with Gasteiger partial charge in [-0.2, -0.15) is 0 Å². The van der Waals surface area contributed by atoms with Gasteiger partial charge in [0.1, 0.15) is 0 Å². The third-order valence-corrected chi connectivity index (χ3v) is 5.62. The number of hydrogen-bond donors (Lipinski definition) is 0. The lowest BCUT2D eigenvalue weighted by Crippen LogP contribution is -2.52. The molecule has 0 aromatic heterocycles. The first kappa shape index (κ1) is 13.8.